The van der Waals surface area contributed by atoms with Gasteiger partial charge >= 0.3 is 5.97 Å². The Balaban J connectivity index is 1.73. The molecular weight excluding hydrogens is 428 g/mol. The lowest BCUT2D eigenvalue weighted by Crippen LogP contribution is -2.24. The van der Waals surface area contributed by atoms with Crippen molar-refractivity contribution in [2.45, 2.75) is 179 Å². The summed E-state index contributed by atoms with van der Waals surface area (Å²) in [5.74, 6) is 1.08. The maximum Gasteiger partial charge on any atom is 0.334 e. The number of hydrogen-bond acceptors (Lipinski definition) is 2. The Labute approximate surface area is 218 Å². The number of carbonyl (C=O) groups excluding carboxylic acids is 1. The molecule has 0 aromatic carbocycles. The fraction of sp³-hybridized carbons (Fsp3) is 0.909. The van der Waals surface area contributed by atoms with E-state index in [1.165, 1.54) is 161 Å². The molecule has 35 heavy (non-hydrogen) atoms. The zero-order valence-corrected chi connectivity index (χ0v) is 23.2. The topological polar surface area (TPSA) is 26.3 Å². The van der Waals surface area contributed by atoms with Crippen molar-refractivity contribution >= 4 is 5.97 Å². The third kappa shape index (κ3) is 12.3. The minimum atomic E-state index is 0.0752. The van der Waals surface area contributed by atoms with Crippen LogP contribution in [0.5, 0.6) is 0 Å². The van der Waals surface area contributed by atoms with Gasteiger partial charge in [0.05, 0.1) is 0 Å². The van der Waals surface area contributed by atoms with Crippen LogP contribution in [-0.2, 0) is 9.53 Å². The first-order chi connectivity index (χ1) is 17.3. The van der Waals surface area contributed by atoms with Crippen LogP contribution in [0.3, 0.4) is 0 Å². The molecule has 3 aliphatic carbocycles. The van der Waals surface area contributed by atoms with E-state index in [0.717, 1.165) is 18.4 Å². The predicted molar refractivity (Wildman–Crippen MR) is 150 cm³/mol. The highest BCUT2D eigenvalue weighted by atomic mass is 16.5. The monoisotopic (exact) mass is 486 g/mol. The highest BCUT2D eigenvalue weighted by Gasteiger charge is 2.26. The molecule has 2 nitrogen and oxygen atoms in total. The molecule has 3 fully saturated rings. The zero-order chi connectivity index (χ0) is 24.4. The summed E-state index contributed by atoms with van der Waals surface area (Å²) in [4.78, 5) is 13.9. The van der Waals surface area contributed by atoms with E-state index in [1.54, 1.807) is 0 Å². The first kappa shape index (κ1) is 28.8. The van der Waals surface area contributed by atoms with Crippen molar-refractivity contribution in [3.63, 3.8) is 0 Å². The molecule has 0 aromatic rings. The van der Waals surface area contributed by atoms with Crippen LogP contribution in [0.4, 0.5) is 0 Å². The first-order valence-corrected chi connectivity index (χ1v) is 16.3. The molecule has 202 valence electrons. The Kier molecular flexibility index (Phi) is 15.2. The van der Waals surface area contributed by atoms with Gasteiger partial charge in [0.15, 0.2) is 0 Å². The number of rotatable bonds is 4. The van der Waals surface area contributed by atoms with E-state index in [0.29, 0.717) is 11.8 Å². The summed E-state index contributed by atoms with van der Waals surface area (Å²) in [7, 11) is 0. The summed E-state index contributed by atoms with van der Waals surface area (Å²) in [6.07, 6.45) is 37.9. The van der Waals surface area contributed by atoms with E-state index >= 15 is 0 Å². The molecule has 3 saturated carbocycles. The third-order valence-corrected chi connectivity index (χ3v) is 9.17. The van der Waals surface area contributed by atoms with Gasteiger partial charge in [-0.15, -0.1) is 0 Å². The van der Waals surface area contributed by atoms with Gasteiger partial charge in [-0.05, 0) is 63.2 Å². The minimum absolute atomic E-state index is 0.0752. The molecule has 0 unspecified atom stereocenters. The second-order valence-electron chi connectivity index (χ2n) is 12.3. The second kappa shape index (κ2) is 18.5. The van der Waals surface area contributed by atoms with Gasteiger partial charge in [0.2, 0.25) is 0 Å². The molecule has 0 N–H and O–H groups in total. The summed E-state index contributed by atoms with van der Waals surface area (Å²) in [5, 5.41) is 0. The van der Waals surface area contributed by atoms with Crippen LogP contribution >= 0.6 is 0 Å². The highest BCUT2D eigenvalue weighted by Crippen LogP contribution is 2.32. The molecule has 3 rings (SSSR count). The van der Waals surface area contributed by atoms with Gasteiger partial charge in [-0.1, -0.05) is 128 Å². The second-order valence-corrected chi connectivity index (χ2v) is 12.3. The Bertz CT molecular complexity index is 550. The average molecular weight is 487 g/mol. The molecule has 0 bridgehead atoms. The summed E-state index contributed by atoms with van der Waals surface area (Å²) in [5.41, 5.74) is 1.10. The Hall–Kier alpha value is -0.790. The standard InChI is InChI=1S/C33H58O2/c34-33(35-31-26-20-14-8-3-9-15-21-27-31)32(30-24-18-12-6-2-7-13-19-25-30)28-29-22-16-10-4-1-5-11-17-23-29/h28-31H,1-27H2. The minimum Gasteiger partial charge on any atom is -0.459 e. The number of carbonyl (C=O) groups is 1. The summed E-state index contributed by atoms with van der Waals surface area (Å²) in [6, 6.07) is 0. The van der Waals surface area contributed by atoms with Crippen molar-refractivity contribution in [2.24, 2.45) is 11.8 Å². The van der Waals surface area contributed by atoms with Crippen molar-refractivity contribution in [1.82, 2.24) is 0 Å². The van der Waals surface area contributed by atoms with Crippen LogP contribution in [0.1, 0.15) is 173 Å². The molecule has 0 aliphatic heterocycles. The quantitative estimate of drug-likeness (QED) is 0.292. The van der Waals surface area contributed by atoms with Gasteiger partial charge in [0.1, 0.15) is 6.10 Å². The van der Waals surface area contributed by atoms with E-state index in [-0.39, 0.29) is 12.1 Å². The van der Waals surface area contributed by atoms with Crippen molar-refractivity contribution in [1.29, 1.82) is 0 Å². The number of esters is 1. The van der Waals surface area contributed by atoms with E-state index < -0.39 is 0 Å². The maximum atomic E-state index is 13.9. The predicted octanol–water partition coefficient (Wildman–Crippen LogP) is 10.6. The normalized spacial score (nSPS) is 25.4. The molecule has 3 aliphatic rings. The van der Waals surface area contributed by atoms with Crippen LogP contribution in [-0.4, -0.2) is 12.1 Å². The summed E-state index contributed by atoms with van der Waals surface area (Å²) < 4.78 is 6.40. The Morgan fingerprint density at radius 3 is 1.23 bits per heavy atom. The van der Waals surface area contributed by atoms with Crippen LogP contribution in [0.25, 0.3) is 0 Å². The molecule has 0 aromatic heterocycles. The third-order valence-electron chi connectivity index (χ3n) is 9.17. The molecule has 0 atom stereocenters. The molecule has 0 radical (unpaired) electrons. The number of allylic oxidation sites excluding steroid dienone is 1. The Morgan fingerprint density at radius 1 is 0.457 bits per heavy atom. The van der Waals surface area contributed by atoms with Crippen molar-refractivity contribution in [3.8, 4) is 0 Å². The van der Waals surface area contributed by atoms with Crippen molar-refractivity contribution in [3.05, 3.63) is 11.6 Å². The van der Waals surface area contributed by atoms with Crippen molar-refractivity contribution < 1.29 is 9.53 Å². The zero-order valence-electron chi connectivity index (χ0n) is 23.2. The SMILES string of the molecule is O=C(OC1CCCCCCCCC1)C(=CC1CCCCCCCCC1)C1CCCCCCCCC1. The van der Waals surface area contributed by atoms with Gasteiger partial charge in [0.25, 0.3) is 0 Å². The maximum absolute atomic E-state index is 13.9. The molecule has 0 heterocycles. The molecule has 0 saturated heterocycles. The lowest BCUT2D eigenvalue weighted by molar-refractivity contribution is -0.146. The molecule has 2 heteroatoms. The smallest absolute Gasteiger partial charge is 0.334 e. The average Bonchev–Trinajstić information content (AvgIpc) is 2.88. The van der Waals surface area contributed by atoms with Gasteiger partial charge < -0.3 is 4.74 Å². The van der Waals surface area contributed by atoms with Gasteiger partial charge in [-0.25, -0.2) is 4.79 Å². The molecular formula is C33H58O2. The first-order valence-electron chi connectivity index (χ1n) is 16.3. The van der Waals surface area contributed by atoms with Crippen LogP contribution in [0, 0.1) is 11.8 Å². The summed E-state index contributed by atoms with van der Waals surface area (Å²) in [6.45, 7) is 0. The van der Waals surface area contributed by atoms with Crippen molar-refractivity contribution in [2.75, 3.05) is 0 Å². The van der Waals surface area contributed by atoms with E-state index in [2.05, 4.69) is 6.08 Å². The van der Waals surface area contributed by atoms with Crippen LogP contribution in [0.2, 0.25) is 0 Å². The lowest BCUT2D eigenvalue weighted by Gasteiger charge is -2.26. The fourth-order valence-electron chi connectivity index (χ4n) is 6.86. The molecule has 0 spiro atoms. The summed E-state index contributed by atoms with van der Waals surface area (Å²) >= 11 is 0. The van der Waals surface area contributed by atoms with Gasteiger partial charge in [-0.3, -0.25) is 0 Å². The largest absolute Gasteiger partial charge is 0.459 e. The lowest BCUT2D eigenvalue weighted by atomic mass is 9.83. The fourth-order valence-corrected chi connectivity index (χ4v) is 6.86. The van der Waals surface area contributed by atoms with E-state index in [4.69, 9.17) is 4.74 Å². The van der Waals surface area contributed by atoms with Crippen LogP contribution in [0.15, 0.2) is 11.6 Å². The van der Waals surface area contributed by atoms with Gasteiger partial charge in [0, 0.05) is 5.57 Å². The van der Waals surface area contributed by atoms with E-state index in [1.807, 2.05) is 0 Å². The van der Waals surface area contributed by atoms with Gasteiger partial charge in [-0.2, -0.15) is 0 Å². The van der Waals surface area contributed by atoms with Crippen LogP contribution < -0.4 is 0 Å². The highest BCUT2D eigenvalue weighted by molar-refractivity contribution is 5.89. The number of ether oxygens (including phenoxy) is 1. The molecule has 0 amide bonds. The number of hydrogen-bond donors (Lipinski definition) is 0. The van der Waals surface area contributed by atoms with E-state index in [9.17, 15) is 4.79 Å². The Morgan fingerprint density at radius 2 is 0.800 bits per heavy atom.